The van der Waals surface area contributed by atoms with Gasteiger partial charge in [-0.1, -0.05) is 41.4 Å². The topological polar surface area (TPSA) is 49.4 Å². The second-order valence-electron chi connectivity index (χ2n) is 5.67. The van der Waals surface area contributed by atoms with Gasteiger partial charge in [-0.15, -0.1) is 0 Å². The van der Waals surface area contributed by atoms with Crippen LogP contribution in [-0.4, -0.2) is 24.9 Å². The first-order valence-electron chi connectivity index (χ1n) is 7.81. The van der Waals surface area contributed by atoms with Crippen LogP contribution in [0.3, 0.4) is 0 Å². The van der Waals surface area contributed by atoms with Crippen molar-refractivity contribution in [2.75, 3.05) is 18.0 Å². The molecule has 0 heterocycles. The zero-order chi connectivity index (χ0) is 17.5. The van der Waals surface area contributed by atoms with Gasteiger partial charge in [-0.2, -0.15) is 0 Å². The van der Waals surface area contributed by atoms with Crippen LogP contribution in [0.2, 0.25) is 5.02 Å². The quantitative estimate of drug-likeness (QED) is 0.873. The molecule has 126 valence electrons. The van der Waals surface area contributed by atoms with Crippen molar-refractivity contribution in [1.29, 1.82) is 0 Å². The third kappa shape index (κ3) is 5.39. The number of carbonyl (C=O) groups is 2. The molecule has 0 radical (unpaired) electrons. The van der Waals surface area contributed by atoms with Crippen molar-refractivity contribution in [2.45, 2.75) is 20.3 Å². The first kappa shape index (κ1) is 18.0. The lowest BCUT2D eigenvalue weighted by Crippen LogP contribution is -2.40. The first-order valence-corrected chi connectivity index (χ1v) is 8.19. The molecule has 0 aliphatic heterocycles. The molecule has 2 rings (SSSR count). The van der Waals surface area contributed by atoms with Gasteiger partial charge in [0.05, 0.1) is 0 Å². The van der Waals surface area contributed by atoms with Crippen LogP contribution in [0.1, 0.15) is 18.1 Å². The van der Waals surface area contributed by atoms with E-state index in [9.17, 15) is 9.59 Å². The van der Waals surface area contributed by atoms with E-state index in [1.165, 1.54) is 11.8 Å². The summed E-state index contributed by atoms with van der Waals surface area (Å²) in [7, 11) is 0. The number of nitrogens with zero attached hydrogens (tertiary/aromatic N) is 1. The molecule has 2 amide bonds. The van der Waals surface area contributed by atoms with Gasteiger partial charge in [0.15, 0.2) is 0 Å². The van der Waals surface area contributed by atoms with Crippen LogP contribution in [0.5, 0.6) is 0 Å². The number of hydrogen-bond acceptors (Lipinski definition) is 2. The van der Waals surface area contributed by atoms with Crippen LogP contribution in [0.15, 0.2) is 48.5 Å². The molecule has 2 aromatic rings. The van der Waals surface area contributed by atoms with Crippen molar-refractivity contribution >= 4 is 29.1 Å². The molecular weight excluding hydrogens is 324 g/mol. The molecule has 0 spiro atoms. The number of aryl methyl sites for hydroxylation is 1. The lowest BCUT2D eigenvalue weighted by atomic mass is 10.1. The predicted octanol–water partition coefficient (Wildman–Crippen LogP) is 3.36. The first-order chi connectivity index (χ1) is 11.5. The number of amides is 2. The largest absolute Gasteiger partial charge is 0.354 e. The highest BCUT2D eigenvalue weighted by Crippen LogP contribution is 2.15. The van der Waals surface area contributed by atoms with E-state index in [0.29, 0.717) is 18.0 Å². The van der Waals surface area contributed by atoms with E-state index in [2.05, 4.69) is 5.32 Å². The summed E-state index contributed by atoms with van der Waals surface area (Å²) in [6.07, 6.45) is 0.716. The number of rotatable bonds is 6. The highest BCUT2D eigenvalue weighted by molar-refractivity contribution is 6.30. The van der Waals surface area contributed by atoms with E-state index < -0.39 is 0 Å². The molecule has 0 atom stereocenters. The Hall–Kier alpha value is -2.33. The molecule has 1 N–H and O–H groups in total. The third-order valence-corrected chi connectivity index (χ3v) is 3.93. The molecule has 0 bridgehead atoms. The summed E-state index contributed by atoms with van der Waals surface area (Å²) < 4.78 is 0. The average Bonchev–Trinajstić information content (AvgIpc) is 2.55. The fourth-order valence-corrected chi connectivity index (χ4v) is 2.43. The second-order valence-corrected chi connectivity index (χ2v) is 6.10. The molecule has 0 saturated heterocycles. The average molecular weight is 345 g/mol. The maximum absolute atomic E-state index is 12.1. The van der Waals surface area contributed by atoms with E-state index >= 15 is 0 Å². The Balaban J connectivity index is 1.87. The van der Waals surface area contributed by atoms with E-state index in [1.807, 2.05) is 55.5 Å². The minimum Gasteiger partial charge on any atom is -0.354 e. The van der Waals surface area contributed by atoms with Crippen LogP contribution in [0.25, 0.3) is 0 Å². The Morgan fingerprint density at radius 1 is 1.04 bits per heavy atom. The minimum atomic E-state index is -0.181. The number of benzene rings is 2. The molecule has 0 aromatic heterocycles. The zero-order valence-electron chi connectivity index (χ0n) is 13.9. The van der Waals surface area contributed by atoms with Gasteiger partial charge in [-0.25, -0.2) is 0 Å². The maximum Gasteiger partial charge on any atom is 0.240 e. The Morgan fingerprint density at radius 2 is 1.67 bits per heavy atom. The van der Waals surface area contributed by atoms with Gasteiger partial charge in [0, 0.05) is 24.2 Å². The van der Waals surface area contributed by atoms with Crippen LogP contribution in [0.4, 0.5) is 5.69 Å². The van der Waals surface area contributed by atoms with Crippen LogP contribution in [-0.2, 0) is 16.0 Å². The maximum atomic E-state index is 12.1. The lowest BCUT2D eigenvalue weighted by Gasteiger charge is -2.21. The van der Waals surface area contributed by atoms with Gasteiger partial charge in [-0.3, -0.25) is 9.59 Å². The Bertz CT molecular complexity index is 696. The zero-order valence-corrected chi connectivity index (χ0v) is 14.6. The Kier molecular flexibility index (Phi) is 6.38. The summed E-state index contributed by atoms with van der Waals surface area (Å²) in [5.74, 6) is -0.341. The highest BCUT2D eigenvalue weighted by Gasteiger charge is 2.15. The summed E-state index contributed by atoms with van der Waals surface area (Å²) in [5.41, 5.74) is 2.93. The summed E-state index contributed by atoms with van der Waals surface area (Å²) in [4.78, 5) is 25.4. The third-order valence-electron chi connectivity index (χ3n) is 3.68. The molecule has 0 aliphatic carbocycles. The molecule has 0 saturated carbocycles. The minimum absolute atomic E-state index is 0.0129. The predicted molar refractivity (Wildman–Crippen MR) is 97.4 cm³/mol. The second kappa shape index (κ2) is 8.50. The molecular formula is C19H21ClN2O2. The smallest absolute Gasteiger partial charge is 0.240 e. The summed E-state index contributed by atoms with van der Waals surface area (Å²) >= 11 is 5.84. The monoisotopic (exact) mass is 344 g/mol. The standard InChI is InChI=1S/C19H21ClN2O2/c1-14-3-9-18(10-4-14)22(15(2)23)13-19(24)21-12-11-16-5-7-17(20)8-6-16/h3-10H,11-13H2,1-2H3,(H,21,24). The number of carbonyl (C=O) groups excluding carboxylic acids is 2. The summed E-state index contributed by atoms with van der Waals surface area (Å²) in [6, 6.07) is 15.1. The van der Waals surface area contributed by atoms with E-state index in [4.69, 9.17) is 11.6 Å². The number of halogens is 1. The van der Waals surface area contributed by atoms with Gasteiger partial charge >= 0.3 is 0 Å². The van der Waals surface area contributed by atoms with Crippen LogP contribution < -0.4 is 10.2 Å². The molecule has 0 unspecified atom stereocenters. The van der Waals surface area contributed by atoms with Crippen LogP contribution >= 0.6 is 11.6 Å². The van der Waals surface area contributed by atoms with E-state index in [-0.39, 0.29) is 18.4 Å². The Labute approximate surface area is 147 Å². The normalized spacial score (nSPS) is 10.3. The number of anilines is 1. The highest BCUT2D eigenvalue weighted by atomic mass is 35.5. The van der Waals surface area contributed by atoms with Gasteiger partial charge < -0.3 is 10.2 Å². The van der Waals surface area contributed by atoms with E-state index in [1.54, 1.807) is 0 Å². The van der Waals surface area contributed by atoms with Crippen LogP contribution in [0, 0.1) is 6.92 Å². The van der Waals surface area contributed by atoms with Gasteiger partial charge in [0.25, 0.3) is 0 Å². The van der Waals surface area contributed by atoms with Crippen molar-refractivity contribution < 1.29 is 9.59 Å². The Morgan fingerprint density at radius 3 is 2.25 bits per heavy atom. The molecule has 4 nitrogen and oxygen atoms in total. The van der Waals surface area contributed by atoms with Gasteiger partial charge in [-0.05, 0) is 43.2 Å². The number of hydrogen-bond donors (Lipinski definition) is 1. The molecule has 2 aromatic carbocycles. The lowest BCUT2D eigenvalue weighted by molar-refractivity contribution is -0.123. The molecule has 0 aliphatic rings. The summed E-state index contributed by atoms with van der Waals surface area (Å²) in [6.45, 7) is 3.96. The van der Waals surface area contributed by atoms with Crippen molar-refractivity contribution in [3.63, 3.8) is 0 Å². The van der Waals surface area contributed by atoms with Gasteiger partial charge in [0.2, 0.25) is 11.8 Å². The van der Waals surface area contributed by atoms with Gasteiger partial charge in [0.1, 0.15) is 6.54 Å². The summed E-state index contributed by atoms with van der Waals surface area (Å²) in [5, 5.41) is 3.54. The number of nitrogens with one attached hydrogen (secondary N) is 1. The van der Waals surface area contributed by atoms with Crippen molar-refractivity contribution in [3.05, 3.63) is 64.7 Å². The SMILES string of the molecule is CC(=O)N(CC(=O)NCCc1ccc(Cl)cc1)c1ccc(C)cc1. The molecule has 5 heteroatoms. The molecule has 24 heavy (non-hydrogen) atoms. The fraction of sp³-hybridized carbons (Fsp3) is 0.263. The van der Waals surface area contributed by atoms with Crippen molar-refractivity contribution in [1.82, 2.24) is 5.32 Å². The van der Waals surface area contributed by atoms with Crippen molar-refractivity contribution in [3.8, 4) is 0 Å². The fourth-order valence-electron chi connectivity index (χ4n) is 2.31. The molecule has 0 fully saturated rings. The van der Waals surface area contributed by atoms with E-state index in [0.717, 1.165) is 16.8 Å². The van der Waals surface area contributed by atoms with Crippen molar-refractivity contribution in [2.24, 2.45) is 0 Å².